The summed E-state index contributed by atoms with van der Waals surface area (Å²) in [5, 5.41) is 13.9. The Morgan fingerprint density at radius 1 is 1.42 bits per heavy atom. The van der Waals surface area contributed by atoms with Gasteiger partial charge in [-0.15, -0.1) is 12.4 Å². The fourth-order valence-corrected chi connectivity index (χ4v) is 3.39. The lowest BCUT2D eigenvalue weighted by Crippen LogP contribution is -2.39. The molecule has 0 aliphatic carbocycles. The maximum Gasteiger partial charge on any atom is 0.270 e. The highest BCUT2D eigenvalue weighted by atomic mass is 79.9. The Balaban J connectivity index is 0.00000288. The Kier molecular flexibility index (Phi) is 8.66. The lowest BCUT2D eigenvalue weighted by Gasteiger charge is -2.32. The first-order valence-corrected chi connectivity index (χ1v) is 8.65. The van der Waals surface area contributed by atoms with Gasteiger partial charge in [-0.1, -0.05) is 22.0 Å². The van der Waals surface area contributed by atoms with E-state index < -0.39 is 4.92 Å². The molecule has 0 atom stereocenters. The van der Waals surface area contributed by atoms with Crippen LogP contribution in [-0.4, -0.2) is 42.4 Å². The van der Waals surface area contributed by atoms with E-state index in [2.05, 4.69) is 21.2 Å². The van der Waals surface area contributed by atoms with E-state index in [0.29, 0.717) is 10.4 Å². The molecule has 1 aromatic rings. The van der Waals surface area contributed by atoms with Gasteiger partial charge in [0.05, 0.1) is 11.3 Å². The van der Waals surface area contributed by atoms with Gasteiger partial charge in [-0.3, -0.25) is 14.9 Å². The number of benzene rings is 1. The summed E-state index contributed by atoms with van der Waals surface area (Å²) >= 11 is 3.32. The summed E-state index contributed by atoms with van der Waals surface area (Å²) in [6.45, 7) is 2.63. The number of carbonyl (C=O) groups excluding carboxylic acids is 1. The first-order chi connectivity index (χ1) is 11.0. The summed E-state index contributed by atoms with van der Waals surface area (Å²) in [6.07, 6.45) is 3.54. The van der Waals surface area contributed by atoms with Crippen LogP contribution in [0.5, 0.6) is 0 Å². The highest BCUT2D eigenvalue weighted by Gasteiger charge is 2.23. The highest BCUT2D eigenvalue weighted by molar-refractivity contribution is 9.10. The molecule has 1 N–H and O–H groups in total. The fourth-order valence-electron chi connectivity index (χ4n) is 2.89. The maximum absolute atomic E-state index is 12.4. The van der Waals surface area contributed by atoms with Crippen molar-refractivity contribution in [3.8, 4) is 0 Å². The van der Waals surface area contributed by atoms with Crippen LogP contribution in [0.25, 0.3) is 0 Å². The van der Waals surface area contributed by atoms with Crippen LogP contribution in [0.2, 0.25) is 0 Å². The number of halogens is 2. The van der Waals surface area contributed by atoms with Crippen molar-refractivity contribution in [3.05, 3.63) is 38.3 Å². The monoisotopic (exact) mass is 419 g/mol. The minimum absolute atomic E-state index is 0. The Labute approximate surface area is 156 Å². The van der Waals surface area contributed by atoms with E-state index in [1.54, 1.807) is 6.07 Å². The van der Waals surface area contributed by atoms with Crippen molar-refractivity contribution in [2.45, 2.75) is 25.7 Å². The molecule has 0 spiro atoms. The zero-order chi connectivity index (χ0) is 16.8. The lowest BCUT2D eigenvalue weighted by atomic mass is 9.93. The summed E-state index contributed by atoms with van der Waals surface area (Å²) in [5.74, 6) is 0.782. The molecule has 134 valence electrons. The molecular formula is C16H23BrClN3O3. The Morgan fingerprint density at radius 3 is 2.62 bits per heavy atom. The van der Waals surface area contributed by atoms with Crippen LogP contribution in [-0.2, 0) is 11.2 Å². The van der Waals surface area contributed by atoms with Crippen LogP contribution < -0.4 is 5.32 Å². The number of non-ortho nitro benzene ring substituents is 1. The molecule has 1 aliphatic heterocycles. The lowest BCUT2D eigenvalue weighted by molar-refractivity contribution is -0.384. The van der Waals surface area contributed by atoms with Gasteiger partial charge in [0.15, 0.2) is 0 Å². The number of amides is 1. The van der Waals surface area contributed by atoms with Crippen LogP contribution in [0.15, 0.2) is 22.7 Å². The van der Waals surface area contributed by atoms with E-state index in [1.165, 1.54) is 12.1 Å². The standard InChI is InChI=1S/C16H22BrN3O3.ClH/c1-18-7-4-12-5-8-19(9-6-12)16(21)10-13-2-3-14(20(22)23)11-15(13)17;/h2-3,11-12,18H,4-10H2,1H3;1H. The van der Waals surface area contributed by atoms with Crippen LogP contribution in [0, 0.1) is 16.0 Å². The molecule has 0 bridgehead atoms. The van der Waals surface area contributed by atoms with E-state index in [-0.39, 0.29) is 30.4 Å². The highest BCUT2D eigenvalue weighted by Crippen LogP contribution is 2.25. The summed E-state index contributed by atoms with van der Waals surface area (Å²) in [4.78, 5) is 24.6. The molecule has 1 amide bonds. The zero-order valence-electron chi connectivity index (χ0n) is 13.7. The minimum Gasteiger partial charge on any atom is -0.342 e. The SMILES string of the molecule is CNCCC1CCN(C(=O)Cc2ccc([N+](=O)[O-])cc2Br)CC1.Cl. The largest absolute Gasteiger partial charge is 0.342 e. The number of hydrogen-bond donors (Lipinski definition) is 1. The smallest absolute Gasteiger partial charge is 0.270 e. The molecule has 1 fully saturated rings. The van der Waals surface area contributed by atoms with Crippen molar-refractivity contribution in [1.82, 2.24) is 10.2 Å². The Hall–Kier alpha value is -1.18. The molecule has 1 saturated heterocycles. The summed E-state index contributed by atoms with van der Waals surface area (Å²) in [7, 11) is 1.96. The average Bonchev–Trinajstić information content (AvgIpc) is 2.55. The van der Waals surface area contributed by atoms with Gasteiger partial charge >= 0.3 is 0 Å². The zero-order valence-corrected chi connectivity index (χ0v) is 16.1. The molecule has 1 heterocycles. The molecule has 2 rings (SSSR count). The van der Waals surface area contributed by atoms with E-state index in [9.17, 15) is 14.9 Å². The van der Waals surface area contributed by atoms with Crippen LogP contribution in [0.1, 0.15) is 24.8 Å². The molecular weight excluding hydrogens is 398 g/mol. The molecule has 0 aromatic heterocycles. The molecule has 1 aliphatic rings. The molecule has 6 nitrogen and oxygen atoms in total. The van der Waals surface area contributed by atoms with Gasteiger partial charge < -0.3 is 10.2 Å². The quantitative estimate of drug-likeness (QED) is 0.566. The van der Waals surface area contributed by atoms with Gasteiger partial charge in [-0.2, -0.15) is 0 Å². The predicted molar refractivity (Wildman–Crippen MR) is 99.6 cm³/mol. The van der Waals surface area contributed by atoms with Crippen molar-refractivity contribution in [1.29, 1.82) is 0 Å². The van der Waals surface area contributed by atoms with Gasteiger partial charge in [0, 0.05) is 29.7 Å². The first kappa shape index (κ1) is 20.9. The number of nitrogens with zero attached hydrogens (tertiary/aromatic N) is 2. The average molecular weight is 421 g/mol. The number of hydrogen-bond acceptors (Lipinski definition) is 4. The third kappa shape index (κ3) is 5.72. The second kappa shape index (κ2) is 9.96. The van der Waals surface area contributed by atoms with Crippen molar-refractivity contribution < 1.29 is 9.72 Å². The minimum atomic E-state index is -0.438. The molecule has 8 heteroatoms. The number of nitro groups is 1. The molecule has 0 radical (unpaired) electrons. The van der Waals surface area contributed by atoms with Crippen molar-refractivity contribution >= 4 is 39.9 Å². The number of nitrogens with one attached hydrogen (secondary N) is 1. The summed E-state index contributed by atoms with van der Waals surface area (Å²) in [5.41, 5.74) is 0.816. The van der Waals surface area contributed by atoms with E-state index in [4.69, 9.17) is 0 Å². The van der Waals surface area contributed by atoms with Crippen LogP contribution in [0.3, 0.4) is 0 Å². The van der Waals surface area contributed by atoms with Crippen molar-refractivity contribution in [2.75, 3.05) is 26.7 Å². The van der Waals surface area contributed by atoms with Crippen molar-refractivity contribution in [3.63, 3.8) is 0 Å². The van der Waals surface area contributed by atoms with Gasteiger partial charge in [0.1, 0.15) is 0 Å². The number of likely N-dealkylation sites (tertiary alicyclic amines) is 1. The van der Waals surface area contributed by atoms with Gasteiger partial charge in [-0.05, 0) is 44.3 Å². The van der Waals surface area contributed by atoms with Gasteiger partial charge in [0.25, 0.3) is 5.69 Å². The Morgan fingerprint density at radius 2 is 2.08 bits per heavy atom. The molecule has 0 unspecified atom stereocenters. The van der Waals surface area contributed by atoms with Crippen LogP contribution >= 0.6 is 28.3 Å². The van der Waals surface area contributed by atoms with Crippen LogP contribution in [0.4, 0.5) is 5.69 Å². The third-order valence-corrected chi connectivity index (χ3v) is 5.10. The normalized spacial score (nSPS) is 15.0. The van der Waals surface area contributed by atoms with E-state index in [1.807, 2.05) is 11.9 Å². The summed E-state index contributed by atoms with van der Waals surface area (Å²) < 4.78 is 0.615. The van der Waals surface area contributed by atoms with E-state index >= 15 is 0 Å². The maximum atomic E-state index is 12.4. The fraction of sp³-hybridized carbons (Fsp3) is 0.562. The third-order valence-electron chi connectivity index (χ3n) is 4.36. The number of piperidine rings is 1. The Bertz CT molecular complexity index is 578. The number of carbonyl (C=O) groups is 1. The number of rotatable bonds is 6. The van der Waals surface area contributed by atoms with Crippen molar-refractivity contribution in [2.24, 2.45) is 5.92 Å². The first-order valence-electron chi connectivity index (χ1n) is 7.86. The predicted octanol–water partition coefficient (Wildman–Crippen LogP) is 3.17. The van der Waals surface area contributed by atoms with E-state index in [0.717, 1.165) is 44.5 Å². The second-order valence-electron chi connectivity index (χ2n) is 5.93. The van der Waals surface area contributed by atoms with Gasteiger partial charge in [-0.25, -0.2) is 0 Å². The second-order valence-corrected chi connectivity index (χ2v) is 6.78. The van der Waals surface area contributed by atoms with Gasteiger partial charge in [0.2, 0.25) is 5.91 Å². The topological polar surface area (TPSA) is 75.5 Å². The molecule has 0 saturated carbocycles. The molecule has 1 aromatic carbocycles. The molecule has 24 heavy (non-hydrogen) atoms. The summed E-state index contributed by atoms with van der Waals surface area (Å²) in [6, 6.07) is 4.55. The number of nitro benzene ring substituents is 1.